The second-order valence-electron chi connectivity index (χ2n) is 3.31. The molecule has 2 heterocycles. The molecule has 2 rings (SSSR count). The molecule has 0 fully saturated rings. The molecule has 5 nitrogen and oxygen atoms in total. The van der Waals surface area contributed by atoms with Gasteiger partial charge in [-0.15, -0.1) is 0 Å². The summed E-state index contributed by atoms with van der Waals surface area (Å²) in [4.78, 5) is 16.5. The predicted octanol–water partition coefficient (Wildman–Crippen LogP) is 1.76. The first-order chi connectivity index (χ1) is 7.92. The fourth-order valence-corrected chi connectivity index (χ4v) is 1.34. The van der Waals surface area contributed by atoms with E-state index in [4.69, 9.17) is 0 Å². The van der Waals surface area contributed by atoms with Crippen LogP contribution < -0.4 is 5.32 Å². The Morgan fingerprint density at radius 1 is 1.12 bits per heavy atom. The van der Waals surface area contributed by atoms with Crippen molar-refractivity contribution in [2.45, 2.75) is 13.3 Å². The van der Waals surface area contributed by atoms with Crippen LogP contribution in [0.3, 0.4) is 0 Å². The summed E-state index contributed by atoms with van der Waals surface area (Å²) in [6.07, 6.45) is 9.34. The molecule has 82 valence electrons. The minimum absolute atomic E-state index is 0.777. The highest BCUT2D eigenvalue weighted by molar-refractivity contribution is 5.69. The van der Waals surface area contributed by atoms with Gasteiger partial charge in [-0.3, -0.25) is 4.98 Å². The Labute approximate surface area is 94.0 Å². The van der Waals surface area contributed by atoms with Gasteiger partial charge >= 0.3 is 0 Å². The molecule has 0 amide bonds. The second kappa shape index (κ2) is 5.16. The van der Waals surface area contributed by atoms with Crippen molar-refractivity contribution in [1.82, 2.24) is 19.9 Å². The molecular weight excluding hydrogens is 202 g/mol. The Balaban J connectivity index is 2.33. The average Bonchev–Trinajstić information content (AvgIpc) is 2.38. The van der Waals surface area contributed by atoms with Gasteiger partial charge in [0.25, 0.3) is 0 Å². The summed E-state index contributed by atoms with van der Waals surface area (Å²) in [6, 6.07) is 0. The highest BCUT2D eigenvalue weighted by atomic mass is 15.0. The van der Waals surface area contributed by atoms with E-state index in [0.717, 1.165) is 30.0 Å². The summed E-state index contributed by atoms with van der Waals surface area (Å²) in [5.41, 5.74) is 1.66. The minimum atomic E-state index is 0.777. The van der Waals surface area contributed by atoms with E-state index >= 15 is 0 Å². The third-order valence-electron chi connectivity index (χ3n) is 2.07. The number of nitrogens with zero attached hydrogens (tertiary/aromatic N) is 4. The first-order valence-electron chi connectivity index (χ1n) is 5.22. The molecule has 0 aliphatic rings. The van der Waals surface area contributed by atoms with Crippen molar-refractivity contribution >= 4 is 5.82 Å². The molecule has 2 aromatic rings. The molecule has 0 aromatic carbocycles. The van der Waals surface area contributed by atoms with Gasteiger partial charge in [-0.05, 0) is 6.42 Å². The van der Waals surface area contributed by atoms with Gasteiger partial charge in [-0.2, -0.15) is 0 Å². The van der Waals surface area contributed by atoms with E-state index < -0.39 is 0 Å². The van der Waals surface area contributed by atoms with Crippen molar-refractivity contribution in [1.29, 1.82) is 0 Å². The lowest BCUT2D eigenvalue weighted by molar-refractivity contribution is 0.965. The second-order valence-corrected chi connectivity index (χ2v) is 3.31. The Morgan fingerprint density at radius 3 is 2.62 bits per heavy atom. The summed E-state index contributed by atoms with van der Waals surface area (Å²) < 4.78 is 0. The molecule has 0 radical (unpaired) electrons. The third-order valence-corrected chi connectivity index (χ3v) is 2.07. The van der Waals surface area contributed by atoms with Gasteiger partial charge in [-0.1, -0.05) is 6.92 Å². The number of rotatable bonds is 4. The van der Waals surface area contributed by atoms with E-state index in [1.165, 1.54) is 6.33 Å². The fraction of sp³-hybridized carbons (Fsp3) is 0.273. The van der Waals surface area contributed by atoms with Crippen molar-refractivity contribution < 1.29 is 0 Å². The summed E-state index contributed by atoms with van der Waals surface area (Å²) in [7, 11) is 0. The molecule has 0 aliphatic carbocycles. The number of nitrogens with one attached hydrogen (secondary N) is 1. The van der Waals surface area contributed by atoms with Gasteiger partial charge < -0.3 is 5.32 Å². The maximum atomic E-state index is 4.30. The molecule has 0 bridgehead atoms. The SMILES string of the molecule is CCCNc1nccnc1-c1cncnc1. The third kappa shape index (κ3) is 2.31. The maximum absolute atomic E-state index is 4.30. The van der Waals surface area contributed by atoms with Crippen LogP contribution in [0.15, 0.2) is 31.1 Å². The van der Waals surface area contributed by atoms with E-state index in [2.05, 4.69) is 32.2 Å². The van der Waals surface area contributed by atoms with E-state index in [9.17, 15) is 0 Å². The van der Waals surface area contributed by atoms with Gasteiger partial charge in [0, 0.05) is 36.9 Å². The summed E-state index contributed by atoms with van der Waals surface area (Å²) >= 11 is 0. The van der Waals surface area contributed by atoms with Crippen LogP contribution in [0.1, 0.15) is 13.3 Å². The van der Waals surface area contributed by atoms with Crippen molar-refractivity contribution in [2.75, 3.05) is 11.9 Å². The quantitative estimate of drug-likeness (QED) is 0.841. The lowest BCUT2D eigenvalue weighted by atomic mass is 10.2. The molecule has 0 saturated heterocycles. The highest BCUT2D eigenvalue weighted by Crippen LogP contribution is 2.21. The van der Waals surface area contributed by atoms with E-state index in [1.54, 1.807) is 24.8 Å². The van der Waals surface area contributed by atoms with Crippen molar-refractivity contribution in [3.05, 3.63) is 31.1 Å². The molecule has 0 saturated carbocycles. The number of anilines is 1. The van der Waals surface area contributed by atoms with Gasteiger partial charge in [0.05, 0.1) is 0 Å². The molecule has 2 aromatic heterocycles. The normalized spacial score (nSPS) is 10.1. The molecule has 5 heteroatoms. The van der Waals surface area contributed by atoms with Crippen LogP contribution in [0.4, 0.5) is 5.82 Å². The molecule has 1 N–H and O–H groups in total. The Morgan fingerprint density at radius 2 is 1.88 bits per heavy atom. The van der Waals surface area contributed by atoms with Gasteiger partial charge in [-0.25, -0.2) is 15.0 Å². The van der Waals surface area contributed by atoms with Crippen molar-refractivity contribution in [3.8, 4) is 11.3 Å². The standard InChI is InChI=1S/C11H13N5/c1-2-3-15-11-10(14-4-5-16-11)9-6-12-8-13-7-9/h4-8H,2-3H2,1H3,(H,15,16). The van der Waals surface area contributed by atoms with E-state index in [0.29, 0.717) is 0 Å². The predicted molar refractivity (Wildman–Crippen MR) is 61.8 cm³/mol. The summed E-state index contributed by atoms with van der Waals surface area (Å²) in [5.74, 6) is 0.777. The molecular formula is C11H13N5. The van der Waals surface area contributed by atoms with Gasteiger partial charge in [0.15, 0.2) is 5.82 Å². The van der Waals surface area contributed by atoms with Crippen LogP contribution in [0.5, 0.6) is 0 Å². The van der Waals surface area contributed by atoms with Crippen molar-refractivity contribution in [2.24, 2.45) is 0 Å². The fourth-order valence-electron chi connectivity index (χ4n) is 1.34. The molecule has 0 spiro atoms. The summed E-state index contributed by atoms with van der Waals surface area (Å²) in [6.45, 7) is 2.98. The van der Waals surface area contributed by atoms with E-state index in [1.807, 2.05) is 0 Å². The van der Waals surface area contributed by atoms with Crippen molar-refractivity contribution in [3.63, 3.8) is 0 Å². The van der Waals surface area contributed by atoms with Crippen LogP contribution >= 0.6 is 0 Å². The minimum Gasteiger partial charge on any atom is -0.368 e. The van der Waals surface area contributed by atoms with Crippen LogP contribution in [-0.4, -0.2) is 26.5 Å². The smallest absolute Gasteiger partial charge is 0.152 e. The maximum Gasteiger partial charge on any atom is 0.152 e. The monoisotopic (exact) mass is 215 g/mol. The largest absolute Gasteiger partial charge is 0.368 e. The van der Waals surface area contributed by atoms with Crippen LogP contribution in [0.2, 0.25) is 0 Å². The summed E-state index contributed by atoms with van der Waals surface area (Å²) in [5, 5.41) is 3.23. The zero-order valence-electron chi connectivity index (χ0n) is 9.09. The van der Waals surface area contributed by atoms with Gasteiger partial charge in [0.2, 0.25) is 0 Å². The molecule has 16 heavy (non-hydrogen) atoms. The Hall–Kier alpha value is -2.04. The Kier molecular flexibility index (Phi) is 3.38. The molecule has 0 unspecified atom stereocenters. The average molecular weight is 215 g/mol. The number of hydrogen-bond acceptors (Lipinski definition) is 5. The number of aromatic nitrogens is 4. The Bertz CT molecular complexity index is 443. The molecule has 0 aliphatic heterocycles. The first kappa shape index (κ1) is 10.5. The highest BCUT2D eigenvalue weighted by Gasteiger charge is 2.06. The van der Waals surface area contributed by atoms with Crippen LogP contribution in [-0.2, 0) is 0 Å². The topological polar surface area (TPSA) is 63.6 Å². The molecule has 0 atom stereocenters. The zero-order valence-corrected chi connectivity index (χ0v) is 9.09. The zero-order chi connectivity index (χ0) is 11.2. The van der Waals surface area contributed by atoms with E-state index in [-0.39, 0.29) is 0 Å². The van der Waals surface area contributed by atoms with Gasteiger partial charge in [0.1, 0.15) is 12.0 Å². The lowest BCUT2D eigenvalue weighted by Crippen LogP contribution is -2.04. The van der Waals surface area contributed by atoms with Crippen LogP contribution in [0.25, 0.3) is 11.3 Å². The first-order valence-corrected chi connectivity index (χ1v) is 5.22. The lowest BCUT2D eigenvalue weighted by Gasteiger charge is -2.08. The van der Waals surface area contributed by atoms with Crippen LogP contribution in [0, 0.1) is 0 Å². The number of hydrogen-bond donors (Lipinski definition) is 1.